The molecule has 0 atom stereocenters. The SMILES string of the molecule is CCOC(=Cc1ccc2[nH]c(Cc3ccccc3)cc2c1)C(=O)O. The van der Waals surface area contributed by atoms with Crippen LogP contribution in [0.2, 0.25) is 0 Å². The number of hydrogen-bond donors (Lipinski definition) is 2. The minimum Gasteiger partial charge on any atom is -0.487 e. The molecule has 0 spiro atoms. The lowest BCUT2D eigenvalue weighted by Crippen LogP contribution is -2.04. The molecule has 122 valence electrons. The molecule has 0 fully saturated rings. The summed E-state index contributed by atoms with van der Waals surface area (Å²) in [6.45, 7) is 2.09. The first-order chi connectivity index (χ1) is 11.7. The molecule has 24 heavy (non-hydrogen) atoms. The average Bonchev–Trinajstić information content (AvgIpc) is 2.96. The van der Waals surface area contributed by atoms with Crippen LogP contribution in [-0.4, -0.2) is 22.7 Å². The molecule has 1 heterocycles. The molecule has 0 saturated carbocycles. The van der Waals surface area contributed by atoms with Gasteiger partial charge in [0.2, 0.25) is 5.76 Å². The third-order valence-electron chi connectivity index (χ3n) is 3.75. The first-order valence-electron chi connectivity index (χ1n) is 7.89. The Bertz CT molecular complexity index is 878. The van der Waals surface area contributed by atoms with Crippen LogP contribution in [-0.2, 0) is 16.0 Å². The van der Waals surface area contributed by atoms with Crippen LogP contribution in [0.4, 0.5) is 0 Å². The zero-order chi connectivity index (χ0) is 16.9. The van der Waals surface area contributed by atoms with Crippen LogP contribution in [0.15, 0.2) is 60.4 Å². The molecule has 0 unspecified atom stereocenters. The minimum atomic E-state index is -1.06. The van der Waals surface area contributed by atoms with Crippen molar-refractivity contribution in [3.05, 3.63) is 77.2 Å². The van der Waals surface area contributed by atoms with Gasteiger partial charge in [0.15, 0.2) is 0 Å². The zero-order valence-electron chi connectivity index (χ0n) is 13.5. The third-order valence-corrected chi connectivity index (χ3v) is 3.75. The topological polar surface area (TPSA) is 62.3 Å². The van der Waals surface area contributed by atoms with E-state index in [1.807, 2.05) is 36.4 Å². The number of rotatable bonds is 6. The first-order valence-corrected chi connectivity index (χ1v) is 7.89. The van der Waals surface area contributed by atoms with Gasteiger partial charge in [-0.15, -0.1) is 0 Å². The molecule has 3 aromatic rings. The van der Waals surface area contributed by atoms with Gasteiger partial charge in [0.05, 0.1) is 6.61 Å². The van der Waals surface area contributed by atoms with Crippen molar-refractivity contribution in [3.8, 4) is 0 Å². The smallest absolute Gasteiger partial charge is 0.371 e. The normalized spacial score (nSPS) is 11.6. The predicted molar refractivity (Wildman–Crippen MR) is 94.8 cm³/mol. The number of fused-ring (bicyclic) bond motifs is 1. The summed E-state index contributed by atoms with van der Waals surface area (Å²) in [5, 5.41) is 10.2. The van der Waals surface area contributed by atoms with Crippen molar-refractivity contribution >= 4 is 22.9 Å². The van der Waals surface area contributed by atoms with Gasteiger partial charge in [0.1, 0.15) is 0 Å². The van der Waals surface area contributed by atoms with Crippen LogP contribution in [0.3, 0.4) is 0 Å². The molecule has 2 N–H and O–H groups in total. The number of hydrogen-bond acceptors (Lipinski definition) is 2. The van der Waals surface area contributed by atoms with Crippen LogP contribution < -0.4 is 0 Å². The van der Waals surface area contributed by atoms with E-state index in [1.54, 1.807) is 13.0 Å². The highest BCUT2D eigenvalue weighted by molar-refractivity contribution is 5.91. The lowest BCUT2D eigenvalue weighted by molar-refractivity contribution is -0.136. The molecule has 4 nitrogen and oxygen atoms in total. The van der Waals surface area contributed by atoms with E-state index in [4.69, 9.17) is 9.84 Å². The summed E-state index contributed by atoms with van der Waals surface area (Å²) in [6.07, 6.45) is 2.38. The van der Waals surface area contributed by atoms with Gasteiger partial charge in [-0.05, 0) is 42.3 Å². The quantitative estimate of drug-likeness (QED) is 0.528. The molecule has 1 aromatic heterocycles. The van der Waals surface area contributed by atoms with Crippen molar-refractivity contribution in [3.63, 3.8) is 0 Å². The highest BCUT2D eigenvalue weighted by Crippen LogP contribution is 2.21. The number of ether oxygens (including phenoxy) is 1. The minimum absolute atomic E-state index is 0.0445. The second-order valence-corrected chi connectivity index (χ2v) is 5.55. The lowest BCUT2D eigenvalue weighted by Gasteiger charge is -2.03. The van der Waals surface area contributed by atoms with Gasteiger partial charge in [-0.2, -0.15) is 0 Å². The van der Waals surface area contributed by atoms with E-state index < -0.39 is 5.97 Å². The second kappa shape index (κ2) is 7.04. The number of nitrogens with one attached hydrogen (secondary N) is 1. The fraction of sp³-hybridized carbons (Fsp3) is 0.150. The van der Waals surface area contributed by atoms with Crippen molar-refractivity contribution in [2.45, 2.75) is 13.3 Å². The molecule has 2 aromatic carbocycles. The Labute approximate surface area is 140 Å². The van der Waals surface area contributed by atoms with Gasteiger partial charge >= 0.3 is 5.97 Å². The number of carboxylic acids is 1. The number of carbonyl (C=O) groups is 1. The van der Waals surface area contributed by atoms with E-state index in [0.29, 0.717) is 6.61 Å². The van der Waals surface area contributed by atoms with Gasteiger partial charge in [-0.25, -0.2) is 4.79 Å². The van der Waals surface area contributed by atoms with E-state index >= 15 is 0 Å². The van der Waals surface area contributed by atoms with Crippen LogP contribution in [0, 0.1) is 0 Å². The molecule has 0 aliphatic carbocycles. The Kier molecular flexibility index (Phi) is 4.66. The predicted octanol–water partition coefficient (Wildman–Crippen LogP) is 4.22. The average molecular weight is 321 g/mol. The Hall–Kier alpha value is -3.01. The van der Waals surface area contributed by atoms with Crippen molar-refractivity contribution in [1.82, 2.24) is 4.98 Å². The standard InChI is InChI=1S/C20H19NO3/c1-2-24-19(20(22)23)12-15-8-9-18-16(10-15)13-17(21-18)11-14-6-4-3-5-7-14/h3-10,12-13,21H,2,11H2,1H3,(H,22,23). The highest BCUT2D eigenvalue weighted by Gasteiger charge is 2.09. The molecule has 3 rings (SSSR count). The van der Waals surface area contributed by atoms with Gasteiger partial charge in [0.25, 0.3) is 0 Å². The maximum Gasteiger partial charge on any atom is 0.371 e. The van der Waals surface area contributed by atoms with Crippen LogP contribution in [0.1, 0.15) is 23.7 Å². The summed E-state index contributed by atoms with van der Waals surface area (Å²) in [6, 6.07) is 18.2. The molecule has 0 saturated heterocycles. The molecule has 0 aliphatic heterocycles. The molecular weight excluding hydrogens is 302 g/mol. The van der Waals surface area contributed by atoms with Crippen molar-refractivity contribution in [2.75, 3.05) is 6.61 Å². The highest BCUT2D eigenvalue weighted by atomic mass is 16.5. The molecule has 0 aliphatic rings. The van der Waals surface area contributed by atoms with E-state index in [-0.39, 0.29) is 5.76 Å². The number of aromatic amines is 1. The van der Waals surface area contributed by atoms with Crippen LogP contribution in [0.25, 0.3) is 17.0 Å². The first kappa shape index (κ1) is 15.9. The summed E-state index contributed by atoms with van der Waals surface area (Å²) >= 11 is 0. The Morgan fingerprint density at radius 2 is 1.96 bits per heavy atom. The Morgan fingerprint density at radius 1 is 1.17 bits per heavy atom. The fourth-order valence-corrected chi connectivity index (χ4v) is 2.68. The molecular formula is C20H19NO3. The lowest BCUT2D eigenvalue weighted by atomic mass is 10.1. The van der Waals surface area contributed by atoms with Crippen LogP contribution >= 0.6 is 0 Å². The largest absolute Gasteiger partial charge is 0.487 e. The maximum absolute atomic E-state index is 11.2. The Morgan fingerprint density at radius 3 is 2.67 bits per heavy atom. The summed E-state index contributed by atoms with van der Waals surface area (Å²) in [4.78, 5) is 14.6. The number of aliphatic carboxylic acids is 1. The van der Waals surface area contributed by atoms with Crippen molar-refractivity contribution in [2.24, 2.45) is 0 Å². The summed E-state index contributed by atoms with van der Waals surface area (Å²) < 4.78 is 5.16. The number of carboxylic acid groups (broad SMARTS) is 1. The molecule has 0 radical (unpaired) electrons. The van der Waals surface area contributed by atoms with Crippen molar-refractivity contribution in [1.29, 1.82) is 0 Å². The maximum atomic E-state index is 11.2. The third kappa shape index (κ3) is 3.66. The molecule has 0 amide bonds. The number of H-pyrrole nitrogens is 1. The number of benzene rings is 2. The van der Waals surface area contributed by atoms with Gasteiger partial charge in [0, 0.05) is 23.0 Å². The van der Waals surface area contributed by atoms with Gasteiger partial charge in [-0.1, -0.05) is 36.4 Å². The fourth-order valence-electron chi connectivity index (χ4n) is 2.68. The van der Waals surface area contributed by atoms with E-state index in [2.05, 4.69) is 23.2 Å². The summed E-state index contributed by atoms with van der Waals surface area (Å²) in [5.41, 5.74) is 4.21. The van der Waals surface area contributed by atoms with Gasteiger partial charge < -0.3 is 14.8 Å². The zero-order valence-corrected chi connectivity index (χ0v) is 13.5. The van der Waals surface area contributed by atoms with Gasteiger partial charge in [-0.3, -0.25) is 0 Å². The molecule has 4 heteroatoms. The number of aromatic nitrogens is 1. The van der Waals surface area contributed by atoms with Crippen LogP contribution in [0.5, 0.6) is 0 Å². The summed E-state index contributed by atoms with van der Waals surface area (Å²) in [7, 11) is 0. The van der Waals surface area contributed by atoms with E-state index in [1.165, 1.54) is 5.56 Å². The monoisotopic (exact) mass is 321 g/mol. The second-order valence-electron chi connectivity index (χ2n) is 5.55. The molecule has 0 bridgehead atoms. The van der Waals surface area contributed by atoms with E-state index in [9.17, 15) is 4.79 Å². The summed E-state index contributed by atoms with van der Waals surface area (Å²) in [5.74, 6) is -1.10. The van der Waals surface area contributed by atoms with Crippen molar-refractivity contribution < 1.29 is 14.6 Å². The Balaban J connectivity index is 1.88. The van der Waals surface area contributed by atoms with E-state index in [0.717, 1.165) is 28.6 Å².